The van der Waals surface area contributed by atoms with E-state index in [0.29, 0.717) is 36.1 Å². The number of imide groups is 1. The molecule has 3 aromatic rings. The summed E-state index contributed by atoms with van der Waals surface area (Å²) in [6.45, 7) is 9.07. The number of ether oxygens (including phenoxy) is 3. The molecular weight excluding hydrogens is 590 g/mol. The van der Waals surface area contributed by atoms with Crippen LogP contribution in [0.1, 0.15) is 61.2 Å². The lowest BCUT2D eigenvalue weighted by molar-refractivity contribution is -0.149. The van der Waals surface area contributed by atoms with Gasteiger partial charge in [-0.05, 0) is 47.7 Å². The Morgan fingerprint density at radius 3 is 2.22 bits per heavy atom. The van der Waals surface area contributed by atoms with E-state index in [4.69, 9.17) is 25.1 Å². The fourth-order valence-corrected chi connectivity index (χ4v) is 3.91. The number of anilines is 1. The number of nitrogens with one attached hydrogen (secondary N) is 2. The van der Waals surface area contributed by atoms with Gasteiger partial charge in [0.1, 0.15) is 12.4 Å². The van der Waals surface area contributed by atoms with Crippen molar-refractivity contribution in [2.45, 2.75) is 40.7 Å². The Hall–Kier alpha value is -5.34. The van der Waals surface area contributed by atoms with Crippen LogP contribution in [0.3, 0.4) is 0 Å². The molecule has 46 heavy (non-hydrogen) atoms. The van der Waals surface area contributed by atoms with E-state index in [0.717, 1.165) is 5.56 Å². The van der Waals surface area contributed by atoms with Crippen molar-refractivity contribution in [1.29, 1.82) is 0 Å². The van der Waals surface area contributed by atoms with Crippen LogP contribution in [0.5, 0.6) is 17.2 Å². The lowest BCUT2D eigenvalue weighted by Gasteiger charge is -2.19. The molecule has 11 nitrogen and oxygen atoms in total. The molecule has 0 aliphatic carbocycles. The standard InChI is InChI=1S/C35H39N3O8/c1-22(2)19-45-30-15-14-29(37-31(39)16-17-36)28(32(30)46-20-23(3)4)12-10-25-18-26(44-21-24-8-6-5-7-9-24)11-13-27(25)33(40)38-34(41)35(42)43/h5-9,11,13-15,18,22-23H,16-17,19-21,36H2,1-4H3,(H,37,39)(H,42,43)(H,38,40,41). The Kier molecular flexibility index (Phi) is 13.2. The van der Waals surface area contributed by atoms with Crippen LogP contribution >= 0.6 is 0 Å². The Labute approximate surface area is 268 Å². The highest BCUT2D eigenvalue weighted by Crippen LogP contribution is 2.37. The summed E-state index contributed by atoms with van der Waals surface area (Å²) in [7, 11) is 0. The zero-order valence-electron chi connectivity index (χ0n) is 26.3. The Bertz CT molecular complexity index is 1610. The highest BCUT2D eigenvalue weighted by atomic mass is 16.5. The van der Waals surface area contributed by atoms with E-state index >= 15 is 0 Å². The number of carbonyl (C=O) groups is 4. The van der Waals surface area contributed by atoms with Gasteiger partial charge in [-0.2, -0.15) is 0 Å². The fourth-order valence-electron chi connectivity index (χ4n) is 3.91. The van der Waals surface area contributed by atoms with E-state index in [1.54, 1.807) is 12.1 Å². The normalized spacial score (nSPS) is 10.5. The Morgan fingerprint density at radius 1 is 0.870 bits per heavy atom. The van der Waals surface area contributed by atoms with E-state index in [-0.39, 0.29) is 54.0 Å². The van der Waals surface area contributed by atoms with E-state index in [2.05, 4.69) is 17.2 Å². The Morgan fingerprint density at radius 2 is 1.57 bits per heavy atom. The van der Waals surface area contributed by atoms with Crippen molar-refractivity contribution in [3.63, 3.8) is 0 Å². The molecule has 242 valence electrons. The number of carboxylic acid groups (broad SMARTS) is 1. The van der Waals surface area contributed by atoms with Crippen molar-refractivity contribution in [3.8, 4) is 29.1 Å². The molecular formula is C35H39N3O8. The zero-order chi connectivity index (χ0) is 33.6. The van der Waals surface area contributed by atoms with E-state index in [9.17, 15) is 19.2 Å². The van der Waals surface area contributed by atoms with Crippen molar-refractivity contribution in [2.75, 3.05) is 25.1 Å². The highest BCUT2D eigenvalue weighted by Gasteiger charge is 2.21. The molecule has 0 aliphatic heterocycles. The number of hydrogen-bond donors (Lipinski definition) is 4. The van der Waals surface area contributed by atoms with Crippen LogP contribution in [0.4, 0.5) is 5.69 Å². The maximum atomic E-state index is 13.0. The third-order valence-electron chi connectivity index (χ3n) is 6.13. The molecule has 11 heteroatoms. The molecule has 0 atom stereocenters. The summed E-state index contributed by atoms with van der Waals surface area (Å²) < 4.78 is 18.2. The number of benzene rings is 3. The van der Waals surface area contributed by atoms with Crippen LogP contribution < -0.4 is 30.6 Å². The van der Waals surface area contributed by atoms with Gasteiger partial charge < -0.3 is 30.4 Å². The largest absolute Gasteiger partial charge is 0.489 e. The van der Waals surface area contributed by atoms with Gasteiger partial charge >= 0.3 is 11.9 Å². The van der Waals surface area contributed by atoms with E-state index in [1.807, 2.05) is 63.3 Å². The van der Waals surface area contributed by atoms with Gasteiger partial charge in [0, 0.05) is 18.5 Å². The van der Waals surface area contributed by atoms with Gasteiger partial charge in [0.05, 0.1) is 30.0 Å². The Balaban J connectivity index is 2.17. The van der Waals surface area contributed by atoms with Gasteiger partial charge in [-0.25, -0.2) is 4.79 Å². The van der Waals surface area contributed by atoms with Crippen molar-refractivity contribution >= 4 is 29.4 Å². The van der Waals surface area contributed by atoms with Crippen LogP contribution in [0.25, 0.3) is 0 Å². The average molecular weight is 630 g/mol. The number of carboxylic acids is 1. The van der Waals surface area contributed by atoms with Crippen molar-refractivity contribution < 1.29 is 38.5 Å². The molecule has 5 N–H and O–H groups in total. The summed E-state index contributed by atoms with van der Waals surface area (Å²) in [6, 6.07) is 17.2. The van der Waals surface area contributed by atoms with Gasteiger partial charge in [-0.3, -0.25) is 19.7 Å². The predicted octanol–water partition coefficient (Wildman–Crippen LogP) is 4.36. The monoisotopic (exact) mass is 629 g/mol. The first-order valence-electron chi connectivity index (χ1n) is 14.8. The first-order valence-corrected chi connectivity index (χ1v) is 14.8. The molecule has 3 amide bonds. The second-order valence-corrected chi connectivity index (χ2v) is 11.1. The van der Waals surface area contributed by atoms with E-state index in [1.165, 1.54) is 18.2 Å². The number of amides is 3. The summed E-state index contributed by atoms with van der Waals surface area (Å²) in [5, 5.41) is 13.7. The molecule has 3 rings (SSSR count). The van der Waals surface area contributed by atoms with Crippen LogP contribution in [0.15, 0.2) is 60.7 Å². The smallest absolute Gasteiger partial charge is 0.394 e. The van der Waals surface area contributed by atoms with Gasteiger partial charge in [-0.1, -0.05) is 69.9 Å². The molecule has 0 unspecified atom stereocenters. The summed E-state index contributed by atoms with van der Waals surface area (Å²) in [4.78, 5) is 48.5. The maximum absolute atomic E-state index is 13.0. The SMILES string of the molecule is CC(C)COc1ccc(NC(=O)CCN)c(C#Cc2cc(OCc3ccccc3)ccc2C(=O)NC(=O)C(=O)O)c1OCC(C)C. The van der Waals surface area contributed by atoms with Crippen molar-refractivity contribution in [1.82, 2.24) is 5.32 Å². The van der Waals surface area contributed by atoms with E-state index < -0.39 is 17.8 Å². The molecule has 0 saturated carbocycles. The maximum Gasteiger partial charge on any atom is 0.394 e. The van der Waals surface area contributed by atoms with Crippen molar-refractivity contribution in [3.05, 3.63) is 82.9 Å². The number of carbonyl (C=O) groups excluding carboxylic acids is 3. The summed E-state index contributed by atoms with van der Waals surface area (Å²) in [5.41, 5.74) is 7.18. The molecule has 0 aromatic heterocycles. The minimum Gasteiger partial charge on any atom is -0.489 e. The van der Waals surface area contributed by atoms with Crippen LogP contribution in [-0.4, -0.2) is 48.6 Å². The minimum atomic E-state index is -1.81. The van der Waals surface area contributed by atoms with Gasteiger partial charge in [0.2, 0.25) is 5.91 Å². The molecule has 0 saturated heterocycles. The first kappa shape index (κ1) is 35.1. The van der Waals surface area contributed by atoms with Crippen LogP contribution in [0, 0.1) is 23.7 Å². The van der Waals surface area contributed by atoms with Gasteiger partial charge in [0.15, 0.2) is 11.5 Å². The predicted molar refractivity (Wildman–Crippen MR) is 173 cm³/mol. The molecule has 3 aromatic carbocycles. The average Bonchev–Trinajstić information content (AvgIpc) is 3.01. The lowest BCUT2D eigenvalue weighted by atomic mass is 10.0. The van der Waals surface area contributed by atoms with Gasteiger partial charge in [0.25, 0.3) is 5.91 Å². The lowest BCUT2D eigenvalue weighted by Crippen LogP contribution is -2.36. The van der Waals surface area contributed by atoms with Crippen molar-refractivity contribution in [2.24, 2.45) is 17.6 Å². The molecule has 0 bridgehead atoms. The first-order chi connectivity index (χ1) is 22.0. The second-order valence-electron chi connectivity index (χ2n) is 11.1. The summed E-state index contributed by atoms with van der Waals surface area (Å²) in [5.74, 6) is 2.84. The highest BCUT2D eigenvalue weighted by molar-refractivity contribution is 6.35. The molecule has 0 fully saturated rings. The number of nitrogens with two attached hydrogens (primary N) is 1. The quantitative estimate of drug-likeness (QED) is 0.159. The molecule has 0 heterocycles. The summed E-state index contributed by atoms with van der Waals surface area (Å²) in [6.07, 6.45) is 0.0728. The zero-order valence-corrected chi connectivity index (χ0v) is 26.3. The van der Waals surface area contributed by atoms with Crippen LogP contribution in [0.2, 0.25) is 0 Å². The molecule has 0 aliphatic rings. The van der Waals surface area contributed by atoms with Crippen LogP contribution in [-0.2, 0) is 21.0 Å². The topological polar surface area (TPSA) is 166 Å². The second kappa shape index (κ2) is 17.2. The summed E-state index contributed by atoms with van der Waals surface area (Å²) >= 11 is 0. The number of aliphatic carboxylic acids is 1. The minimum absolute atomic E-state index is 0.0697. The number of rotatable bonds is 13. The molecule has 0 spiro atoms. The number of hydrogen-bond acceptors (Lipinski definition) is 8. The third kappa shape index (κ3) is 10.7. The molecule has 0 radical (unpaired) electrons. The third-order valence-corrected chi connectivity index (χ3v) is 6.13. The fraction of sp³-hybridized carbons (Fsp3) is 0.314. The van der Waals surface area contributed by atoms with Gasteiger partial charge in [-0.15, -0.1) is 0 Å².